The minimum Gasteiger partial charge on any atom is -0.276 e. The number of imidazole rings is 1. The van der Waals surface area contributed by atoms with E-state index < -0.39 is 0 Å². The molecule has 3 rings (SSSR count). The van der Waals surface area contributed by atoms with E-state index in [0.717, 1.165) is 11.1 Å². The number of pyridine rings is 1. The van der Waals surface area contributed by atoms with Gasteiger partial charge in [0.25, 0.3) is 0 Å². The number of hydrogen-bond donors (Lipinski definition) is 0. The lowest BCUT2D eigenvalue weighted by molar-refractivity contribution is 0.616. The van der Waals surface area contributed by atoms with Crippen LogP contribution in [0.2, 0.25) is 0 Å². The van der Waals surface area contributed by atoms with Crippen molar-refractivity contribution in [2.75, 3.05) is 0 Å². The molecule has 1 atom stereocenters. The fourth-order valence-corrected chi connectivity index (χ4v) is 2.37. The summed E-state index contributed by atoms with van der Waals surface area (Å²) >= 11 is 6.19. The van der Waals surface area contributed by atoms with Crippen molar-refractivity contribution in [1.29, 1.82) is 0 Å². The largest absolute Gasteiger partial charge is 0.276 e. The third-order valence-electron chi connectivity index (χ3n) is 3.11. The molecule has 0 fully saturated rings. The van der Waals surface area contributed by atoms with E-state index >= 15 is 0 Å². The van der Waals surface area contributed by atoms with Gasteiger partial charge in [-0.25, -0.2) is 14.4 Å². The number of hydrogen-bond acceptors (Lipinski definition) is 2. The Bertz CT molecular complexity index is 780. The summed E-state index contributed by atoms with van der Waals surface area (Å²) in [5, 5.41) is -0.343. The predicted molar refractivity (Wildman–Crippen MR) is 77.8 cm³/mol. The molecule has 3 aromatic rings. The lowest BCUT2D eigenvalue weighted by Gasteiger charge is -2.10. The van der Waals surface area contributed by atoms with Gasteiger partial charge in [0, 0.05) is 6.20 Å². The smallest absolute Gasteiger partial charge is 0.164 e. The summed E-state index contributed by atoms with van der Waals surface area (Å²) in [4.78, 5) is 8.87. The number of halogens is 2. The molecule has 1 aromatic carbocycles. The Kier molecular flexibility index (Phi) is 3.18. The molecule has 0 amide bonds. The Balaban J connectivity index is 2.38. The van der Waals surface area contributed by atoms with Crippen LogP contribution in [-0.2, 0) is 0 Å². The van der Waals surface area contributed by atoms with Gasteiger partial charge in [0.1, 0.15) is 17.2 Å². The Labute approximate surface area is 121 Å². The van der Waals surface area contributed by atoms with Crippen LogP contribution in [0.25, 0.3) is 16.9 Å². The fraction of sp³-hybridized carbons (Fsp3) is 0.200. The van der Waals surface area contributed by atoms with E-state index in [2.05, 4.69) is 9.97 Å². The number of rotatable bonds is 2. The Morgan fingerprint density at radius 2 is 2.05 bits per heavy atom. The molecular weight excluding hydrogens is 277 g/mol. The molecule has 0 aliphatic heterocycles. The maximum atomic E-state index is 14.1. The van der Waals surface area contributed by atoms with Gasteiger partial charge < -0.3 is 0 Å². The van der Waals surface area contributed by atoms with Crippen molar-refractivity contribution < 1.29 is 4.39 Å². The molecule has 0 aliphatic rings. The maximum absolute atomic E-state index is 14.1. The second-order valence-corrected chi connectivity index (χ2v) is 5.38. The Morgan fingerprint density at radius 1 is 1.30 bits per heavy atom. The second kappa shape index (κ2) is 4.87. The van der Waals surface area contributed by atoms with Gasteiger partial charge in [-0.3, -0.25) is 4.57 Å². The van der Waals surface area contributed by atoms with Crippen LogP contribution < -0.4 is 0 Å². The third-order valence-corrected chi connectivity index (χ3v) is 3.30. The summed E-state index contributed by atoms with van der Waals surface area (Å²) in [6.07, 6.45) is 1.74. The average Bonchev–Trinajstić information content (AvgIpc) is 2.78. The van der Waals surface area contributed by atoms with Crippen molar-refractivity contribution in [2.45, 2.75) is 19.2 Å². The highest BCUT2D eigenvalue weighted by molar-refractivity contribution is 6.20. The average molecular weight is 290 g/mol. The summed E-state index contributed by atoms with van der Waals surface area (Å²) in [7, 11) is 0. The van der Waals surface area contributed by atoms with Gasteiger partial charge in [-0.2, -0.15) is 0 Å². The Hall–Kier alpha value is -1.94. The van der Waals surface area contributed by atoms with E-state index in [-0.39, 0.29) is 11.2 Å². The first-order chi connectivity index (χ1) is 9.58. The van der Waals surface area contributed by atoms with Crippen molar-refractivity contribution in [3.8, 4) is 5.69 Å². The molecule has 20 heavy (non-hydrogen) atoms. The van der Waals surface area contributed by atoms with Crippen molar-refractivity contribution in [2.24, 2.45) is 0 Å². The molecule has 0 N–H and O–H groups in total. The van der Waals surface area contributed by atoms with Gasteiger partial charge >= 0.3 is 0 Å². The third kappa shape index (κ3) is 2.06. The molecule has 0 saturated heterocycles. The van der Waals surface area contributed by atoms with Gasteiger partial charge in [0.05, 0.1) is 11.1 Å². The van der Waals surface area contributed by atoms with Crippen LogP contribution >= 0.6 is 11.6 Å². The SMILES string of the molecule is Cc1cnc2c(c1)nc(C(C)Cl)n2-c1ccccc1F. The first-order valence-electron chi connectivity index (χ1n) is 6.32. The summed E-state index contributed by atoms with van der Waals surface area (Å²) in [6, 6.07) is 8.46. The van der Waals surface area contributed by atoms with Gasteiger partial charge in [0.2, 0.25) is 0 Å². The van der Waals surface area contributed by atoms with Crippen LogP contribution in [0.15, 0.2) is 36.5 Å². The second-order valence-electron chi connectivity index (χ2n) is 4.73. The molecule has 0 bridgehead atoms. The number of aromatic nitrogens is 3. The molecule has 3 nitrogen and oxygen atoms in total. The first-order valence-corrected chi connectivity index (χ1v) is 6.75. The van der Waals surface area contributed by atoms with Crippen molar-refractivity contribution in [1.82, 2.24) is 14.5 Å². The van der Waals surface area contributed by atoms with E-state index in [0.29, 0.717) is 17.2 Å². The molecule has 0 saturated carbocycles. The summed E-state index contributed by atoms with van der Waals surface area (Å²) in [5.74, 6) is 0.262. The standard InChI is InChI=1S/C15H13ClFN3/c1-9-7-12-15(18-8-9)20(14(19-12)10(2)16)13-6-4-3-5-11(13)17/h3-8,10H,1-2H3. The van der Waals surface area contributed by atoms with E-state index in [1.54, 1.807) is 29.0 Å². The molecule has 5 heteroatoms. The summed E-state index contributed by atoms with van der Waals surface area (Å²) in [6.45, 7) is 3.76. The lowest BCUT2D eigenvalue weighted by Crippen LogP contribution is -2.04. The van der Waals surface area contributed by atoms with E-state index in [1.807, 2.05) is 19.9 Å². The zero-order chi connectivity index (χ0) is 14.3. The highest BCUT2D eigenvalue weighted by Crippen LogP contribution is 2.28. The van der Waals surface area contributed by atoms with Gasteiger partial charge in [-0.1, -0.05) is 12.1 Å². The monoisotopic (exact) mass is 289 g/mol. The minimum atomic E-state index is -0.343. The van der Waals surface area contributed by atoms with Crippen molar-refractivity contribution in [3.63, 3.8) is 0 Å². The number of alkyl halides is 1. The molecule has 102 valence electrons. The van der Waals surface area contributed by atoms with Crippen LogP contribution in [0.5, 0.6) is 0 Å². The van der Waals surface area contributed by atoms with E-state index in [4.69, 9.17) is 11.6 Å². The zero-order valence-corrected chi connectivity index (χ0v) is 11.9. The summed E-state index contributed by atoms with van der Waals surface area (Å²) < 4.78 is 15.8. The molecule has 2 heterocycles. The van der Waals surface area contributed by atoms with Crippen LogP contribution in [0.4, 0.5) is 4.39 Å². The molecule has 0 radical (unpaired) electrons. The van der Waals surface area contributed by atoms with Crippen LogP contribution in [0.1, 0.15) is 23.7 Å². The van der Waals surface area contributed by atoms with Crippen LogP contribution in [0.3, 0.4) is 0 Å². The first kappa shape index (κ1) is 13.1. The normalized spacial score (nSPS) is 12.8. The number of aryl methyl sites for hydroxylation is 1. The number of para-hydroxylation sites is 1. The molecule has 2 aromatic heterocycles. The highest BCUT2D eigenvalue weighted by Gasteiger charge is 2.19. The Morgan fingerprint density at radius 3 is 2.75 bits per heavy atom. The topological polar surface area (TPSA) is 30.7 Å². The number of benzene rings is 1. The summed E-state index contributed by atoms with van der Waals surface area (Å²) in [5.41, 5.74) is 2.75. The van der Waals surface area contributed by atoms with Crippen LogP contribution in [0, 0.1) is 12.7 Å². The van der Waals surface area contributed by atoms with Gasteiger partial charge in [0.15, 0.2) is 5.65 Å². The van der Waals surface area contributed by atoms with Crippen molar-refractivity contribution in [3.05, 3.63) is 53.7 Å². The van der Waals surface area contributed by atoms with Gasteiger partial charge in [-0.05, 0) is 37.6 Å². The van der Waals surface area contributed by atoms with E-state index in [1.165, 1.54) is 6.07 Å². The number of nitrogens with zero attached hydrogens (tertiary/aromatic N) is 3. The molecule has 0 spiro atoms. The molecule has 1 unspecified atom stereocenters. The maximum Gasteiger partial charge on any atom is 0.164 e. The predicted octanol–water partition coefficient (Wildman–Crippen LogP) is 4.17. The van der Waals surface area contributed by atoms with E-state index in [9.17, 15) is 4.39 Å². The van der Waals surface area contributed by atoms with Crippen molar-refractivity contribution >= 4 is 22.8 Å². The molecule has 0 aliphatic carbocycles. The fourth-order valence-electron chi connectivity index (χ4n) is 2.22. The van der Waals surface area contributed by atoms with Gasteiger partial charge in [-0.15, -0.1) is 11.6 Å². The zero-order valence-electron chi connectivity index (χ0n) is 11.1. The molecular formula is C15H13ClFN3. The number of fused-ring (bicyclic) bond motifs is 1. The van der Waals surface area contributed by atoms with Crippen LogP contribution in [-0.4, -0.2) is 14.5 Å². The minimum absolute atomic E-state index is 0.326. The quantitative estimate of drug-likeness (QED) is 0.663. The highest BCUT2D eigenvalue weighted by atomic mass is 35.5. The lowest BCUT2D eigenvalue weighted by atomic mass is 10.3.